The number of halogens is 5. The van der Waals surface area contributed by atoms with Crippen molar-refractivity contribution in [1.82, 2.24) is 9.78 Å². The van der Waals surface area contributed by atoms with Gasteiger partial charge in [-0.1, -0.05) is 11.6 Å². The zero-order valence-corrected chi connectivity index (χ0v) is 15.3. The quantitative estimate of drug-likeness (QED) is 0.564. The Morgan fingerprint density at radius 3 is 2.76 bits per heavy atom. The van der Waals surface area contributed by atoms with Crippen LogP contribution in [0.3, 0.4) is 0 Å². The molecule has 0 radical (unpaired) electrons. The van der Waals surface area contributed by atoms with E-state index >= 15 is 0 Å². The fraction of sp³-hybridized carbons (Fsp3) is 0.222. The molecule has 3 heterocycles. The number of carbonyl (C=O) groups is 1. The summed E-state index contributed by atoms with van der Waals surface area (Å²) in [6, 6.07) is 5.23. The van der Waals surface area contributed by atoms with E-state index in [1.807, 2.05) is 0 Å². The largest absolute Gasteiger partial charge is 0.467 e. The van der Waals surface area contributed by atoms with Crippen molar-refractivity contribution in [2.45, 2.75) is 24.7 Å². The molecule has 0 saturated heterocycles. The van der Waals surface area contributed by atoms with Gasteiger partial charge in [0.15, 0.2) is 11.7 Å². The maximum absolute atomic E-state index is 13.6. The lowest BCUT2D eigenvalue weighted by Crippen LogP contribution is -2.35. The first-order valence-corrected chi connectivity index (χ1v) is 8.83. The maximum Gasteiger partial charge on any atom is 0.410 e. The molecule has 11 heteroatoms. The van der Waals surface area contributed by atoms with E-state index in [4.69, 9.17) is 16.0 Å². The third-order valence-electron chi connectivity index (χ3n) is 4.49. The zero-order valence-electron chi connectivity index (χ0n) is 14.5. The normalized spacial score (nSPS) is 18.8. The van der Waals surface area contributed by atoms with Gasteiger partial charge in [0, 0.05) is 18.2 Å². The molecule has 6 nitrogen and oxygen atoms in total. The highest BCUT2D eigenvalue weighted by atomic mass is 35.5. The van der Waals surface area contributed by atoms with Gasteiger partial charge in [0.2, 0.25) is 0 Å². The predicted octanol–water partition coefficient (Wildman–Crippen LogP) is 5.18. The average molecular weight is 429 g/mol. The Hall–Kier alpha value is -3.01. The highest BCUT2D eigenvalue weighted by Gasteiger charge is 2.47. The first kappa shape index (κ1) is 19.3. The number of fused-ring (bicyclic) bond motifs is 1. The van der Waals surface area contributed by atoms with E-state index in [2.05, 4.69) is 15.7 Å². The van der Waals surface area contributed by atoms with E-state index in [-0.39, 0.29) is 28.6 Å². The minimum Gasteiger partial charge on any atom is -0.467 e. The summed E-state index contributed by atoms with van der Waals surface area (Å²) in [6.07, 6.45) is -3.55. The number of nitrogens with zero attached hydrogens (tertiary/aromatic N) is 2. The fourth-order valence-electron chi connectivity index (χ4n) is 3.13. The second-order valence-electron chi connectivity index (χ2n) is 6.45. The predicted molar refractivity (Wildman–Crippen MR) is 96.4 cm³/mol. The molecule has 1 aliphatic heterocycles. The van der Waals surface area contributed by atoms with Crippen molar-refractivity contribution < 1.29 is 26.8 Å². The molecule has 1 aliphatic rings. The van der Waals surface area contributed by atoms with Crippen LogP contribution in [0.25, 0.3) is 0 Å². The van der Waals surface area contributed by atoms with Crippen LogP contribution in [-0.2, 0) is 0 Å². The Balaban J connectivity index is 1.63. The van der Waals surface area contributed by atoms with Crippen LogP contribution in [0.2, 0.25) is 5.02 Å². The molecule has 0 fully saturated rings. The van der Waals surface area contributed by atoms with Gasteiger partial charge in [0.25, 0.3) is 5.91 Å². The van der Waals surface area contributed by atoms with E-state index in [1.165, 1.54) is 24.5 Å². The zero-order chi connectivity index (χ0) is 20.8. The van der Waals surface area contributed by atoms with Crippen molar-refractivity contribution in [2.24, 2.45) is 0 Å². The van der Waals surface area contributed by atoms with Crippen LogP contribution in [0.5, 0.6) is 0 Å². The molecule has 2 atom stereocenters. The molecule has 2 N–H and O–H groups in total. The molecular weight excluding hydrogens is 416 g/mol. The number of benzene rings is 1. The third kappa shape index (κ3) is 3.80. The van der Waals surface area contributed by atoms with Crippen molar-refractivity contribution in [3.8, 4) is 0 Å². The van der Waals surface area contributed by atoms with Crippen LogP contribution in [0, 0.1) is 5.82 Å². The van der Waals surface area contributed by atoms with Crippen LogP contribution in [0.1, 0.15) is 34.8 Å². The Morgan fingerprint density at radius 2 is 2.10 bits per heavy atom. The van der Waals surface area contributed by atoms with Gasteiger partial charge in [-0.05, 0) is 30.3 Å². The lowest BCUT2D eigenvalue weighted by molar-refractivity contribution is -0.174. The lowest BCUT2D eigenvalue weighted by Gasteiger charge is -2.32. The van der Waals surface area contributed by atoms with Crippen LogP contribution >= 0.6 is 11.6 Å². The van der Waals surface area contributed by atoms with Crippen molar-refractivity contribution >= 4 is 29.0 Å². The average Bonchev–Trinajstić information content (AvgIpc) is 3.32. The molecule has 0 saturated carbocycles. The summed E-state index contributed by atoms with van der Waals surface area (Å²) in [6.45, 7) is 0. The Kier molecular flexibility index (Phi) is 4.73. The molecule has 152 valence electrons. The first-order chi connectivity index (χ1) is 13.7. The topological polar surface area (TPSA) is 72.1 Å². The van der Waals surface area contributed by atoms with Crippen LogP contribution in [0.4, 0.5) is 29.1 Å². The highest BCUT2D eigenvalue weighted by Crippen LogP contribution is 2.43. The van der Waals surface area contributed by atoms with E-state index in [1.54, 1.807) is 12.1 Å². The number of amides is 1. The van der Waals surface area contributed by atoms with Crippen molar-refractivity contribution in [2.75, 3.05) is 10.6 Å². The number of hydrogen-bond donors (Lipinski definition) is 2. The Labute approximate surface area is 166 Å². The van der Waals surface area contributed by atoms with Gasteiger partial charge in [0.05, 0.1) is 17.3 Å². The summed E-state index contributed by atoms with van der Waals surface area (Å²) in [4.78, 5) is 12.4. The van der Waals surface area contributed by atoms with Crippen LogP contribution in [-0.4, -0.2) is 21.9 Å². The maximum atomic E-state index is 13.6. The van der Waals surface area contributed by atoms with Crippen LogP contribution in [0.15, 0.2) is 47.1 Å². The molecule has 0 unspecified atom stereocenters. The molecular formula is C18H13ClF4N4O2. The van der Waals surface area contributed by atoms with Gasteiger partial charge in [-0.25, -0.2) is 9.07 Å². The molecule has 1 amide bonds. The second kappa shape index (κ2) is 7.11. The van der Waals surface area contributed by atoms with Gasteiger partial charge >= 0.3 is 6.18 Å². The molecule has 2 aromatic heterocycles. The lowest BCUT2D eigenvalue weighted by atomic mass is 10.0. The summed E-state index contributed by atoms with van der Waals surface area (Å²) < 4.78 is 60.0. The van der Waals surface area contributed by atoms with Gasteiger partial charge in [-0.15, -0.1) is 0 Å². The fourth-order valence-corrected chi connectivity index (χ4v) is 3.31. The monoisotopic (exact) mass is 428 g/mol. The molecule has 4 rings (SSSR count). The molecule has 3 aromatic rings. The number of alkyl halides is 3. The molecule has 1 aromatic carbocycles. The Morgan fingerprint density at radius 1 is 1.31 bits per heavy atom. The van der Waals surface area contributed by atoms with E-state index in [0.29, 0.717) is 5.76 Å². The number of nitrogens with one attached hydrogen (secondary N) is 2. The van der Waals surface area contributed by atoms with Crippen LogP contribution < -0.4 is 10.6 Å². The minimum absolute atomic E-state index is 0.0299. The smallest absolute Gasteiger partial charge is 0.410 e. The van der Waals surface area contributed by atoms with Gasteiger partial charge in [0.1, 0.15) is 17.4 Å². The number of anilines is 2. The summed E-state index contributed by atoms with van der Waals surface area (Å²) in [5.41, 5.74) is -0.0524. The summed E-state index contributed by atoms with van der Waals surface area (Å²) in [5, 5.41) is 8.98. The number of aromatic nitrogens is 2. The van der Waals surface area contributed by atoms with E-state index in [0.717, 1.165) is 10.7 Å². The van der Waals surface area contributed by atoms with Gasteiger partial charge < -0.3 is 15.1 Å². The second-order valence-corrected chi connectivity index (χ2v) is 6.86. The molecule has 0 aliphatic carbocycles. The third-order valence-corrected chi connectivity index (χ3v) is 4.78. The number of hydrogen-bond acceptors (Lipinski definition) is 4. The molecule has 0 spiro atoms. The molecule has 29 heavy (non-hydrogen) atoms. The van der Waals surface area contributed by atoms with E-state index < -0.39 is 30.0 Å². The number of rotatable bonds is 3. The minimum atomic E-state index is -4.58. The summed E-state index contributed by atoms with van der Waals surface area (Å²) >= 11 is 5.67. The Bertz CT molecular complexity index is 1050. The SMILES string of the molecule is O=C(Nc1ccc(F)c(Cl)c1)c1cc2n(n1)[C@H](C(F)(F)F)C[C@@H](c1ccco1)N2. The van der Waals surface area contributed by atoms with Crippen molar-refractivity contribution in [3.63, 3.8) is 0 Å². The standard InChI is InChI=1S/C18H13ClF4N4O2/c19-10-6-9(3-4-11(10)20)24-17(28)13-8-16-25-12(14-2-1-5-29-14)7-15(18(21,22)23)27(16)26-13/h1-6,8,12,15,25H,7H2,(H,24,28)/t12-,15-/m0/s1. The number of carbonyl (C=O) groups excluding carboxylic acids is 1. The van der Waals surface area contributed by atoms with Crippen molar-refractivity contribution in [1.29, 1.82) is 0 Å². The summed E-state index contributed by atoms with van der Waals surface area (Å²) in [7, 11) is 0. The number of furan rings is 1. The summed E-state index contributed by atoms with van der Waals surface area (Å²) in [5.74, 6) is -1.05. The first-order valence-electron chi connectivity index (χ1n) is 8.45. The van der Waals surface area contributed by atoms with Crippen molar-refractivity contribution in [3.05, 3.63) is 65.0 Å². The highest BCUT2D eigenvalue weighted by molar-refractivity contribution is 6.31. The van der Waals surface area contributed by atoms with E-state index in [9.17, 15) is 22.4 Å². The van der Waals surface area contributed by atoms with Gasteiger partial charge in [-0.2, -0.15) is 18.3 Å². The van der Waals surface area contributed by atoms with Gasteiger partial charge in [-0.3, -0.25) is 4.79 Å². The molecule has 0 bridgehead atoms.